The molecule has 1 aromatic rings. The Morgan fingerprint density at radius 3 is 2.18 bits per heavy atom. The van der Waals surface area contributed by atoms with E-state index in [1.807, 2.05) is 13.8 Å². The van der Waals surface area contributed by atoms with Gasteiger partial charge in [0.05, 0.1) is 20.3 Å². The van der Waals surface area contributed by atoms with Gasteiger partial charge in [-0.15, -0.1) is 0 Å². The van der Waals surface area contributed by atoms with E-state index in [4.69, 9.17) is 9.47 Å². The van der Waals surface area contributed by atoms with E-state index in [1.54, 1.807) is 25.3 Å². The lowest BCUT2D eigenvalue weighted by Crippen LogP contribution is -2.24. The summed E-state index contributed by atoms with van der Waals surface area (Å²) < 4.78 is 10.3. The first-order valence-electron chi connectivity index (χ1n) is 5.59. The molecule has 1 rings (SSSR count). The van der Waals surface area contributed by atoms with E-state index in [0.29, 0.717) is 17.1 Å². The van der Waals surface area contributed by atoms with E-state index >= 15 is 0 Å². The van der Waals surface area contributed by atoms with Gasteiger partial charge in [-0.1, -0.05) is 13.8 Å². The topological polar surface area (TPSA) is 58.9 Å². The first-order chi connectivity index (χ1) is 8.01. The predicted octanol–water partition coefficient (Wildman–Crippen LogP) is 1.75. The van der Waals surface area contributed by atoms with Crippen molar-refractivity contribution in [2.24, 2.45) is 5.92 Å². The first kappa shape index (κ1) is 13.8. The Balaban J connectivity index is 3.09. The van der Waals surface area contributed by atoms with Crippen LogP contribution in [0.3, 0.4) is 0 Å². The van der Waals surface area contributed by atoms with Gasteiger partial charge in [-0.2, -0.15) is 0 Å². The molecule has 2 unspecified atom stereocenters. The van der Waals surface area contributed by atoms with Crippen molar-refractivity contribution in [1.82, 2.24) is 0 Å². The molecule has 0 fully saturated rings. The lowest BCUT2D eigenvalue weighted by Gasteiger charge is -2.23. The molecule has 2 N–H and O–H groups in total. The SMILES string of the molecule is COc1ccc(OC)c(C(O)C(O)C(C)C)c1. The zero-order valence-corrected chi connectivity index (χ0v) is 10.7. The van der Waals surface area contributed by atoms with Crippen LogP contribution >= 0.6 is 0 Å². The summed E-state index contributed by atoms with van der Waals surface area (Å²) in [5, 5.41) is 20.0. The van der Waals surface area contributed by atoms with Crippen molar-refractivity contribution in [3.8, 4) is 11.5 Å². The molecule has 0 aliphatic carbocycles. The minimum atomic E-state index is -0.986. The molecule has 0 aromatic heterocycles. The summed E-state index contributed by atoms with van der Waals surface area (Å²) in [6.45, 7) is 3.70. The molecule has 0 spiro atoms. The summed E-state index contributed by atoms with van der Waals surface area (Å²) in [6, 6.07) is 5.14. The third-order valence-electron chi connectivity index (χ3n) is 2.76. The van der Waals surface area contributed by atoms with E-state index in [0.717, 1.165) is 0 Å². The molecule has 0 heterocycles. The molecule has 0 aliphatic heterocycles. The van der Waals surface area contributed by atoms with Crippen molar-refractivity contribution in [1.29, 1.82) is 0 Å². The van der Waals surface area contributed by atoms with Crippen LogP contribution in [0.15, 0.2) is 18.2 Å². The first-order valence-corrected chi connectivity index (χ1v) is 5.59. The maximum Gasteiger partial charge on any atom is 0.125 e. The zero-order chi connectivity index (χ0) is 13.0. The number of benzene rings is 1. The Labute approximate surface area is 102 Å². The maximum atomic E-state index is 10.1. The quantitative estimate of drug-likeness (QED) is 0.823. The second kappa shape index (κ2) is 5.89. The van der Waals surface area contributed by atoms with E-state index < -0.39 is 12.2 Å². The van der Waals surface area contributed by atoms with Crippen molar-refractivity contribution in [3.05, 3.63) is 23.8 Å². The van der Waals surface area contributed by atoms with Gasteiger partial charge in [-0.25, -0.2) is 0 Å². The van der Waals surface area contributed by atoms with Gasteiger partial charge in [-0.05, 0) is 24.1 Å². The maximum absolute atomic E-state index is 10.1. The van der Waals surface area contributed by atoms with Crippen LogP contribution < -0.4 is 9.47 Å². The highest BCUT2D eigenvalue weighted by molar-refractivity contribution is 5.42. The van der Waals surface area contributed by atoms with Crippen LogP contribution in [-0.2, 0) is 0 Å². The second-order valence-corrected chi connectivity index (χ2v) is 4.29. The van der Waals surface area contributed by atoms with Crippen molar-refractivity contribution < 1.29 is 19.7 Å². The third-order valence-corrected chi connectivity index (χ3v) is 2.76. The molecule has 0 saturated carbocycles. The molecule has 4 nitrogen and oxygen atoms in total. The molecule has 4 heteroatoms. The van der Waals surface area contributed by atoms with Crippen LogP contribution in [0.5, 0.6) is 11.5 Å². The van der Waals surface area contributed by atoms with E-state index in [1.165, 1.54) is 7.11 Å². The number of hydrogen-bond acceptors (Lipinski definition) is 4. The van der Waals surface area contributed by atoms with Crippen LogP contribution in [0.4, 0.5) is 0 Å². The number of aliphatic hydroxyl groups excluding tert-OH is 2. The molecule has 1 aromatic carbocycles. The lowest BCUT2D eigenvalue weighted by atomic mass is 9.95. The molecule has 96 valence electrons. The fourth-order valence-electron chi connectivity index (χ4n) is 1.62. The average Bonchev–Trinajstić information content (AvgIpc) is 2.35. The smallest absolute Gasteiger partial charge is 0.125 e. The zero-order valence-electron chi connectivity index (χ0n) is 10.7. The van der Waals surface area contributed by atoms with Gasteiger partial charge in [0.25, 0.3) is 0 Å². The van der Waals surface area contributed by atoms with E-state index in [2.05, 4.69) is 0 Å². The summed E-state index contributed by atoms with van der Waals surface area (Å²) in [7, 11) is 3.08. The van der Waals surface area contributed by atoms with Crippen molar-refractivity contribution in [2.45, 2.75) is 26.1 Å². The van der Waals surface area contributed by atoms with Gasteiger partial charge in [-0.3, -0.25) is 0 Å². The molecule has 2 atom stereocenters. The minimum absolute atomic E-state index is 0.0408. The molecular weight excluding hydrogens is 220 g/mol. The van der Waals surface area contributed by atoms with Crippen molar-refractivity contribution in [2.75, 3.05) is 14.2 Å². The Kier molecular flexibility index (Phi) is 4.78. The molecule has 0 amide bonds. The highest BCUT2D eigenvalue weighted by atomic mass is 16.5. The minimum Gasteiger partial charge on any atom is -0.497 e. The largest absolute Gasteiger partial charge is 0.497 e. The standard InChI is InChI=1S/C13H20O4/c1-8(2)12(14)13(15)10-7-9(16-3)5-6-11(10)17-4/h5-8,12-15H,1-4H3. The number of hydrogen-bond donors (Lipinski definition) is 2. The highest BCUT2D eigenvalue weighted by Gasteiger charge is 2.24. The second-order valence-electron chi connectivity index (χ2n) is 4.29. The van der Waals surface area contributed by atoms with Gasteiger partial charge in [0.15, 0.2) is 0 Å². The average molecular weight is 240 g/mol. The van der Waals surface area contributed by atoms with Gasteiger partial charge in [0, 0.05) is 5.56 Å². The van der Waals surface area contributed by atoms with Crippen LogP contribution in [0.1, 0.15) is 25.5 Å². The summed E-state index contributed by atoms with van der Waals surface area (Å²) >= 11 is 0. The summed E-state index contributed by atoms with van der Waals surface area (Å²) in [6.07, 6.45) is -1.82. The van der Waals surface area contributed by atoms with Crippen LogP contribution in [-0.4, -0.2) is 30.5 Å². The van der Waals surface area contributed by atoms with E-state index in [9.17, 15) is 10.2 Å². The number of rotatable bonds is 5. The third kappa shape index (κ3) is 3.11. The van der Waals surface area contributed by atoms with Gasteiger partial charge in [0.2, 0.25) is 0 Å². The molecule has 17 heavy (non-hydrogen) atoms. The Bertz CT molecular complexity index is 362. The molecular formula is C13H20O4. The Hall–Kier alpha value is -1.26. The van der Waals surface area contributed by atoms with Gasteiger partial charge in [0.1, 0.15) is 17.6 Å². The summed E-state index contributed by atoms with van der Waals surface area (Å²) in [4.78, 5) is 0. The van der Waals surface area contributed by atoms with Gasteiger partial charge < -0.3 is 19.7 Å². The lowest BCUT2D eigenvalue weighted by molar-refractivity contribution is -0.0106. The normalized spacial score (nSPS) is 14.5. The van der Waals surface area contributed by atoms with Crippen molar-refractivity contribution in [3.63, 3.8) is 0 Å². The fraction of sp³-hybridized carbons (Fsp3) is 0.538. The number of aliphatic hydroxyl groups is 2. The molecule has 0 bridgehead atoms. The number of ether oxygens (including phenoxy) is 2. The Morgan fingerprint density at radius 2 is 1.71 bits per heavy atom. The van der Waals surface area contributed by atoms with Crippen LogP contribution in [0.25, 0.3) is 0 Å². The summed E-state index contributed by atoms with van der Waals surface area (Å²) in [5.41, 5.74) is 0.535. The molecule has 0 saturated heterocycles. The Morgan fingerprint density at radius 1 is 1.06 bits per heavy atom. The van der Waals surface area contributed by atoms with Crippen molar-refractivity contribution >= 4 is 0 Å². The molecule has 0 aliphatic rings. The number of methoxy groups -OCH3 is 2. The van der Waals surface area contributed by atoms with Gasteiger partial charge >= 0.3 is 0 Å². The predicted molar refractivity (Wildman–Crippen MR) is 65.4 cm³/mol. The van der Waals surface area contributed by atoms with E-state index in [-0.39, 0.29) is 5.92 Å². The fourth-order valence-corrected chi connectivity index (χ4v) is 1.62. The van der Waals surface area contributed by atoms with Crippen LogP contribution in [0.2, 0.25) is 0 Å². The molecule has 0 radical (unpaired) electrons. The van der Waals surface area contributed by atoms with Crippen LogP contribution in [0, 0.1) is 5.92 Å². The monoisotopic (exact) mass is 240 g/mol. The highest BCUT2D eigenvalue weighted by Crippen LogP contribution is 2.32. The summed E-state index contributed by atoms with van der Waals surface area (Å²) in [5.74, 6) is 1.12.